The maximum absolute atomic E-state index is 11.1. The molecule has 3 nitrogen and oxygen atoms in total. The van der Waals surface area contributed by atoms with Gasteiger partial charge in [-0.25, -0.2) is 0 Å². The zero-order valence-corrected chi connectivity index (χ0v) is 10.8. The SMILES string of the molecule is CCCc1ccc(NC(C)CC(=O)OC)cc1. The quantitative estimate of drug-likeness (QED) is 0.770. The third-order valence-corrected chi connectivity index (χ3v) is 2.61. The molecule has 0 bridgehead atoms. The third-order valence-electron chi connectivity index (χ3n) is 2.61. The highest BCUT2D eigenvalue weighted by atomic mass is 16.5. The Bertz CT molecular complexity index is 346. The van der Waals surface area contributed by atoms with Crippen LogP contribution in [0.1, 0.15) is 32.3 Å². The number of nitrogens with one attached hydrogen (secondary N) is 1. The Morgan fingerprint density at radius 1 is 1.35 bits per heavy atom. The van der Waals surface area contributed by atoms with Gasteiger partial charge in [0, 0.05) is 11.7 Å². The van der Waals surface area contributed by atoms with E-state index in [0.29, 0.717) is 6.42 Å². The van der Waals surface area contributed by atoms with Crippen LogP contribution in [0.5, 0.6) is 0 Å². The second kappa shape index (κ2) is 6.94. The average molecular weight is 235 g/mol. The van der Waals surface area contributed by atoms with E-state index in [0.717, 1.165) is 18.5 Å². The Kier molecular flexibility index (Phi) is 5.53. The molecule has 0 aromatic heterocycles. The van der Waals surface area contributed by atoms with Crippen LogP contribution >= 0.6 is 0 Å². The molecule has 0 saturated carbocycles. The van der Waals surface area contributed by atoms with E-state index in [1.54, 1.807) is 0 Å². The summed E-state index contributed by atoms with van der Waals surface area (Å²) in [5, 5.41) is 3.28. The van der Waals surface area contributed by atoms with Gasteiger partial charge in [0.2, 0.25) is 0 Å². The Labute approximate surface area is 103 Å². The van der Waals surface area contributed by atoms with Crippen LogP contribution in [0.3, 0.4) is 0 Å². The molecule has 1 aromatic rings. The molecule has 17 heavy (non-hydrogen) atoms. The van der Waals surface area contributed by atoms with Crippen molar-refractivity contribution in [1.82, 2.24) is 0 Å². The summed E-state index contributed by atoms with van der Waals surface area (Å²) in [6.45, 7) is 4.14. The molecule has 0 aliphatic carbocycles. The fourth-order valence-corrected chi connectivity index (χ4v) is 1.73. The van der Waals surface area contributed by atoms with Crippen LogP contribution in [-0.2, 0) is 16.0 Å². The van der Waals surface area contributed by atoms with Crippen LogP contribution in [0.4, 0.5) is 5.69 Å². The first-order valence-electron chi connectivity index (χ1n) is 6.08. The van der Waals surface area contributed by atoms with Crippen LogP contribution in [0.2, 0.25) is 0 Å². The molecule has 0 radical (unpaired) electrons. The van der Waals surface area contributed by atoms with Crippen LogP contribution in [0.15, 0.2) is 24.3 Å². The van der Waals surface area contributed by atoms with Gasteiger partial charge in [0.15, 0.2) is 0 Å². The van der Waals surface area contributed by atoms with Gasteiger partial charge in [-0.3, -0.25) is 4.79 Å². The van der Waals surface area contributed by atoms with Crippen molar-refractivity contribution in [2.75, 3.05) is 12.4 Å². The zero-order chi connectivity index (χ0) is 12.7. The lowest BCUT2D eigenvalue weighted by atomic mass is 10.1. The molecular weight excluding hydrogens is 214 g/mol. The number of rotatable bonds is 6. The van der Waals surface area contributed by atoms with Crippen molar-refractivity contribution in [2.24, 2.45) is 0 Å². The summed E-state index contributed by atoms with van der Waals surface area (Å²) >= 11 is 0. The highest BCUT2D eigenvalue weighted by molar-refractivity contribution is 5.70. The van der Waals surface area contributed by atoms with Gasteiger partial charge in [-0.05, 0) is 31.0 Å². The molecule has 0 aliphatic rings. The van der Waals surface area contributed by atoms with Crippen molar-refractivity contribution in [3.8, 4) is 0 Å². The molecule has 1 atom stereocenters. The summed E-state index contributed by atoms with van der Waals surface area (Å²) < 4.78 is 4.63. The third kappa shape index (κ3) is 4.89. The van der Waals surface area contributed by atoms with Crippen LogP contribution < -0.4 is 5.32 Å². The van der Waals surface area contributed by atoms with Crippen molar-refractivity contribution in [2.45, 2.75) is 39.2 Å². The predicted molar refractivity (Wildman–Crippen MR) is 70.2 cm³/mol. The van der Waals surface area contributed by atoms with E-state index < -0.39 is 0 Å². The van der Waals surface area contributed by atoms with Crippen molar-refractivity contribution in [3.63, 3.8) is 0 Å². The van der Waals surface area contributed by atoms with E-state index in [1.807, 2.05) is 6.92 Å². The number of methoxy groups -OCH3 is 1. The van der Waals surface area contributed by atoms with Gasteiger partial charge >= 0.3 is 5.97 Å². The van der Waals surface area contributed by atoms with Crippen LogP contribution in [0, 0.1) is 0 Å². The number of carbonyl (C=O) groups excluding carboxylic acids is 1. The van der Waals surface area contributed by atoms with Gasteiger partial charge in [0.25, 0.3) is 0 Å². The first-order valence-corrected chi connectivity index (χ1v) is 6.08. The summed E-state index contributed by atoms with van der Waals surface area (Å²) in [5.41, 5.74) is 2.39. The maximum atomic E-state index is 11.1. The van der Waals surface area contributed by atoms with Gasteiger partial charge in [-0.15, -0.1) is 0 Å². The maximum Gasteiger partial charge on any atom is 0.307 e. The summed E-state index contributed by atoms with van der Waals surface area (Å²) in [6, 6.07) is 8.43. The molecule has 0 heterocycles. The first-order chi connectivity index (χ1) is 8.15. The lowest BCUT2D eigenvalue weighted by Crippen LogP contribution is -2.20. The van der Waals surface area contributed by atoms with Gasteiger partial charge in [0.05, 0.1) is 13.5 Å². The summed E-state index contributed by atoms with van der Waals surface area (Å²) in [7, 11) is 1.41. The Morgan fingerprint density at radius 2 is 2.00 bits per heavy atom. The van der Waals surface area contributed by atoms with Crippen molar-refractivity contribution in [1.29, 1.82) is 0 Å². The van der Waals surface area contributed by atoms with Crippen molar-refractivity contribution < 1.29 is 9.53 Å². The minimum atomic E-state index is -0.187. The number of esters is 1. The summed E-state index contributed by atoms with van der Waals surface area (Å²) in [5.74, 6) is -0.187. The fraction of sp³-hybridized carbons (Fsp3) is 0.500. The van der Waals surface area contributed by atoms with Gasteiger partial charge in [-0.2, -0.15) is 0 Å². The zero-order valence-electron chi connectivity index (χ0n) is 10.8. The first kappa shape index (κ1) is 13.6. The highest BCUT2D eigenvalue weighted by Gasteiger charge is 2.08. The van der Waals surface area contributed by atoms with Crippen LogP contribution in [-0.4, -0.2) is 19.1 Å². The molecule has 1 rings (SSSR count). The van der Waals surface area contributed by atoms with E-state index in [9.17, 15) is 4.79 Å². The number of aryl methyl sites for hydroxylation is 1. The molecule has 0 amide bonds. The number of benzene rings is 1. The van der Waals surface area contributed by atoms with Crippen molar-refractivity contribution in [3.05, 3.63) is 29.8 Å². The van der Waals surface area contributed by atoms with Crippen LogP contribution in [0.25, 0.3) is 0 Å². The molecule has 0 fully saturated rings. The van der Waals surface area contributed by atoms with Gasteiger partial charge in [0.1, 0.15) is 0 Å². The topological polar surface area (TPSA) is 38.3 Å². The van der Waals surface area contributed by atoms with E-state index in [-0.39, 0.29) is 12.0 Å². The second-order valence-corrected chi connectivity index (χ2v) is 4.27. The molecule has 1 N–H and O–H groups in total. The molecule has 0 aliphatic heterocycles. The number of anilines is 1. The number of hydrogen-bond donors (Lipinski definition) is 1. The number of carbonyl (C=O) groups is 1. The standard InChI is InChI=1S/C14H21NO2/c1-4-5-12-6-8-13(9-7-12)15-11(2)10-14(16)17-3/h6-9,11,15H,4-5,10H2,1-3H3. The predicted octanol–water partition coefficient (Wildman–Crippen LogP) is 3.00. The molecule has 0 saturated heterocycles. The molecule has 1 unspecified atom stereocenters. The Morgan fingerprint density at radius 3 is 2.53 bits per heavy atom. The van der Waals surface area contributed by atoms with Crippen molar-refractivity contribution >= 4 is 11.7 Å². The fourth-order valence-electron chi connectivity index (χ4n) is 1.73. The largest absolute Gasteiger partial charge is 0.469 e. The highest BCUT2D eigenvalue weighted by Crippen LogP contribution is 2.13. The molecular formula is C14H21NO2. The van der Waals surface area contributed by atoms with Gasteiger partial charge in [-0.1, -0.05) is 25.5 Å². The van der Waals surface area contributed by atoms with Gasteiger partial charge < -0.3 is 10.1 Å². The minimum absolute atomic E-state index is 0.0828. The number of hydrogen-bond acceptors (Lipinski definition) is 3. The molecule has 3 heteroatoms. The Hall–Kier alpha value is -1.51. The lowest BCUT2D eigenvalue weighted by molar-refractivity contribution is -0.140. The monoisotopic (exact) mass is 235 g/mol. The molecule has 94 valence electrons. The lowest BCUT2D eigenvalue weighted by Gasteiger charge is -2.14. The molecule has 0 spiro atoms. The summed E-state index contributed by atoms with van der Waals surface area (Å²) in [4.78, 5) is 11.1. The average Bonchev–Trinajstić information content (AvgIpc) is 2.31. The summed E-state index contributed by atoms with van der Waals surface area (Å²) in [6.07, 6.45) is 2.65. The normalized spacial score (nSPS) is 11.9. The smallest absolute Gasteiger partial charge is 0.307 e. The molecule has 1 aromatic carbocycles. The number of ether oxygens (including phenoxy) is 1. The van der Waals surface area contributed by atoms with E-state index >= 15 is 0 Å². The minimum Gasteiger partial charge on any atom is -0.469 e. The van der Waals surface area contributed by atoms with E-state index in [1.165, 1.54) is 12.7 Å². The Balaban J connectivity index is 2.48. The van der Waals surface area contributed by atoms with E-state index in [4.69, 9.17) is 0 Å². The second-order valence-electron chi connectivity index (χ2n) is 4.27. The van der Waals surface area contributed by atoms with E-state index in [2.05, 4.69) is 41.2 Å².